The van der Waals surface area contributed by atoms with E-state index < -0.39 is 0 Å². The monoisotopic (exact) mass is 561 g/mol. The molecule has 1 fully saturated rings. The number of piperidine rings is 1. The van der Waals surface area contributed by atoms with Crippen molar-refractivity contribution < 1.29 is 11.2 Å². The molecule has 1 atom stereocenters. The summed E-state index contributed by atoms with van der Waals surface area (Å²) >= 11 is 5.30. The molecular formula is C6H12I2N2Pt. The van der Waals surface area contributed by atoms with Gasteiger partial charge in [-0.15, -0.1) is 6.54 Å². The second-order valence-electron chi connectivity index (χ2n) is 2.31. The Morgan fingerprint density at radius 3 is 2.36 bits per heavy atom. The molecule has 0 spiro atoms. The van der Waals surface area contributed by atoms with E-state index in [2.05, 4.69) is 44.0 Å². The quantitative estimate of drug-likeness (QED) is 0.439. The van der Waals surface area contributed by atoms with Crippen LogP contribution in [0.2, 0.25) is 0 Å². The van der Waals surface area contributed by atoms with E-state index in [0.29, 0.717) is 23.8 Å². The van der Waals surface area contributed by atoms with Crippen LogP contribution >= 0.6 is 38.7 Å². The Bertz CT molecular complexity index is 79.0. The van der Waals surface area contributed by atoms with Crippen molar-refractivity contribution in [3.05, 3.63) is 11.1 Å². The van der Waals surface area contributed by atoms with Gasteiger partial charge in [0, 0.05) is 0 Å². The summed E-state index contributed by atoms with van der Waals surface area (Å²) < 4.78 is 0. The molecule has 0 aromatic carbocycles. The van der Waals surface area contributed by atoms with Gasteiger partial charge in [-0.25, -0.2) is 0 Å². The molecule has 1 heterocycles. The molecule has 0 bridgehead atoms. The normalized spacial score (nSPS) is 24.1. The number of nitrogens with one attached hydrogen (secondary N) is 1. The maximum absolute atomic E-state index is 7.00. The Hall–Kier alpha value is 2.07. The van der Waals surface area contributed by atoms with Crippen LogP contribution < -0.4 is 0 Å². The molecule has 1 aliphatic heterocycles. The van der Waals surface area contributed by atoms with E-state index in [4.69, 9.17) is 5.73 Å². The molecule has 11 heavy (non-hydrogen) atoms. The van der Waals surface area contributed by atoms with Crippen molar-refractivity contribution in [2.24, 2.45) is 0 Å². The van der Waals surface area contributed by atoms with Crippen molar-refractivity contribution in [2.75, 3.05) is 13.1 Å². The van der Waals surface area contributed by atoms with E-state index in [1.807, 2.05) is 0 Å². The second-order valence-corrected chi connectivity index (χ2v) is 18.9. The van der Waals surface area contributed by atoms with Crippen molar-refractivity contribution in [1.29, 1.82) is 0 Å². The van der Waals surface area contributed by atoms with E-state index in [1.165, 1.54) is 12.8 Å². The molecule has 1 unspecified atom stereocenters. The zero-order chi connectivity index (χ0) is 8.53. The Kier molecular flexibility index (Phi) is 12.1. The molecule has 0 amide bonds. The van der Waals surface area contributed by atoms with Gasteiger partial charge in [0.05, 0.1) is 0 Å². The Morgan fingerprint density at radius 2 is 2.09 bits per heavy atom. The number of rotatable bonds is 1. The molecule has 0 aromatic heterocycles. The Balaban J connectivity index is 0.000000292. The third-order valence-corrected chi connectivity index (χ3v) is 1.57. The van der Waals surface area contributed by atoms with Gasteiger partial charge >= 0.3 is 49.9 Å². The minimum atomic E-state index is 0.378. The van der Waals surface area contributed by atoms with Crippen molar-refractivity contribution in [3.8, 4) is 0 Å². The summed E-state index contributed by atoms with van der Waals surface area (Å²) in [5, 5.41) is 4.26. The molecule has 0 radical (unpaired) electrons. The molecule has 5 heteroatoms. The Morgan fingerprint density at radius 1 is 1.45 bits per heavy atom. The van der Waals surface area contributed by atoms with Crippen LogP contribution in [0.25, 0.3) is 11.1 Å². The fourth-order valence-corrected chi connectivity index (χ4v) is 1.02. The maximum atomic E-state index is 7.00. The van der Waals surface area contributed by atoms with Gasteiger partial charge in [0.1, 0.15) is 0 Å². The van der Waals surface area contributed by atoms with Gasteiger partial charge < -0.3 is 11.1 Å². The number of hydrogen-bond acceptors (Lipinski definition) is 0. The minimum Gasteiger partial charge on any atom is -0.679 e. The van der Waals surface area contributed by atoms with Crippen LogP contribution in [0.5, 0.6) is 0 Å². The SMILES string of the molecule is [I][Pt+2][I].[NH-]CC1CCCC[N-]1. The van der Waals surface area contributed by atoms with E-state index in [-0.39, 0.29) is 0 Å². The standard InChI is InChI=1S/C6H12N2.2HI.Pt/c7-5-6-3-1-2-4-8-6;;;/h6-7H,1-5H2;2*1H;/q-2;;;+4/p-2. The van der Waals surface area contributed by atoms with Gasteiger partial charge in [-0.2, -0.15) is 12.6 Å². The fourth-order valence-electron chi connectivity index (χ4n) is 1.02. The second kappa shape index (κ2) is 10.2. The molecule has 0 aromatic rings. The van der Waals surface area contributed by atoms with Crippen molar-refractivity contribution >= 4 is 38.7 Å². The average Bonchev–Trinajstić information content (AvgIpc) is 2.08. The third-order valence-electron chi connectivity index (χ3n) is 1.57. The number of hydrogen-bond donors (Lipinski definition) is 0. The molecule has 1 saturated heterocycles. The van der Waals surface area contributed by atoms with Crippen LogP contribution in [0, 0.1) is 0 Å². The summed E-state index contributed by atoms with van der Waals surface area (Å²) in [5.41, 5.74) is 7.00. The zero-order valence-electron chi connectivity index (χ0n) is 6.13. The van der Waals surface area contributed by atoms with Crippen molar-refractivity contribution in [2.45, 2.75) is 25.3 Å². The summed E-state index contributed by atoms with van der Waals surface area (Å²) in [6.45, 7) is 1.50. The van der Waals surface area contributed by atoms with Crippen molar-refractivity contribution in [1.82, 2.24) is 0 Å². The maximum Gasteiger partial charge on any atom is -0.0564 e. The topological polar surface area (TPSA) is 37.9 Å². The Labute approximate surface area is 98.0 Å². The van der Waals surface area contributed by atoms with Crippen LogP contribution in [0.15, 0.2) is 0 Å². The molecule has 2 nitrogen and oxygen atoms in total. The molecule has 0 saturated carbocycles. The molecule has 1 N–H and O–H groups in total. The van der Waals surface area contributed by atoms with Gasteiger partial charge in [-0.05, 0) is 0 Å². The molecule has 70 valence electrons. The van der Waals surface area contributed by atoms with Gasteiger partial charge in [0.2, 0.25) is 0 Å². The van der Waals surface area contributed by atoms with Gasteiger partial charge in [0.15, 0.2) is 0 Å². The average molecular weight is 561 g/mol. The smallest absolute Gasteiger partial charge is 0.0564 e. The summed E-state index contributed by atoms with van der Waals surface area (Å²) in [4.78, 5) is 0. The third kappa shape index (κ3) is 8.40. The van der Waals surface area contributed by atoms with Crippen LogP contribution in [0.3, 0.4) is 0 Å². The molecule has 1 rings (SSSR count). The van der Waals surface area contributed by atoms with Crippen LogP contribution in [-0.2, 0) is 11.2 Å². The molecular weight excluding hydrogens is 549 g/mol. The van der Waals surface area contributed by atoms with Gasteiger partial charge in [0.25, 0.3) is 0 Å². The first-order chi connectivity index (χ1) is 5.35. The first-order valence-corrected chi connectivity index (χ1v) is 16.4. The first-order valence-electron chi connectivity index (χ1n) is 3.48. The summed E-state index contributed by atoms with van der Waals surface area (Å²) in [6, 6.07) is 0.378. The minimum absolute atomic E-state index is 0.378. The van der Waals surface area contributed by atoms with E-state index >= 15 is 0 Å². The van der Waals surface area contributed by atoms with Gasteiger partial charge in [-0.3, -0.25) is 0 Å². The van der Waals surface area contributed by atoms with E-state index in [1.54, 1.807) is 0 Å². The summed E-state index contributed by atoms with van der Waals surface area (Å²) in [6.07, 6.45) is 3.69. The fraction of sp³-hybridized carbons (Fsp3) is 1.00. The molecule has 0 aliphatic carbocycles. The largest absolute Gasteiger partial charge is 0.679 e. The van der Waals surface area contributed by atoms with Gasteiger partial charge in [-0.1, -0.05) is 19.3 Å². The summed E-state index contributed by atoms with van der Waals surface area (Å²) in [7, 11) is 0. The van der Waals surface area contributed by atoms with E-state index in [0.717, 1.165) is 13.0 Å². The first kappa shape index (κ1) is 13.1. The van der Waals surface area contributed by atoms with Crippen LogP contribution in [-0.4, -0.2) is 19.1 Å². The molecule has 1 aliphatic rings. The van der Waals surface area contributed by atoms with Crippen LogP contribution in [0.4, 0.5) is 0 Å². The van der Waals surface area contributed by atoms with E-state index in [9.17, 15) is 0 Å². The zero-order valence-corrected chi connectivity index (χ0v) is 12.7. The van der Waals surface area contributed by atoms with Crippen molar-refractivity contribution in [3.63, 3.8) is 0 Å². The summed E-state index contributed by atoms with van der Waals surface area (Å²) in [5.74, 6) is 0. The van der Waals surface area contributed by atoms with Crippen LogP contribution in [0.1, 0.15) is 19.3 Å². The number of nitrogens with zero attached hydrogens (tertiary/aromatic N) is 1. The predicted molar refractivity (Wildman–Crippen MR) is 63.1 cm³/mol. The number of halogens is 2. The predicted octanol–water partition coefficient (Wildman–Crippen LogP) is 3.73.